The number of rotatable bonds is 7. The number of ether oxygens (including phenoxy) is 1. The molecular formula is C25H35FN6O2. The first-order valence-electron chi connectivity index (χ1n) is 12.0. The average molecular weight is 471 g/mol. The first-order valence-corrected chi connectivity index (χ1v) is 12.0. The molecule has 9 heteroatoms. The minimum absolute atomic E-state index is 0.141. The quantitative estimate of drug-likeness (QED) is 0.648. The maximum Gasteiger partial charge on any atom is 0.315 e. The van der Waals surface area contributed by atoms with Crippen LogP contribution in [0.4, 0.5) is 15.0 Å². The largest absolute Gasteiger partial charge is 0.494 e. The van der Waals surface area contributed by atoms with Crippen molar-refractivity contribution in [3.63, 3.8) is 0 Å². The van der Waals surface area contributed by atoms with Crippen molar-refractivity contribution in [1.82, 2.24) is 25.4 Å². The summed E-state index contributed by atoms with van der Waals surface area (Å²) in [7, 11) is 3.60. The second-order valence-corrected chi connectivity index (χ2v) is 9.16. The third-order valence-electron chi connectivity index (χ3n) is 6.64. The molecule has 0 radical (unpaired) electrons. The van der Waals surface area contributed by atoms with Crippen LogP contribution in [0.3, 0.4) is 0 Å². The van der Waals surface area contributed by atoms with Gasteiger partial charge < -0.3 is 25.2 Å². The van der Waals surface area contributed by atoms with Crippen LogP contribution in [0.1, 0.15) is 24.0 Å². The van der Waals surface area contributed by atoms with Crippen molar-refractivity contribution in [3.8, 4) is 5.75 Å². The molecule has 1 aromatic carbocycles. The maximum absolute atomic E-state index is 13.9. The number of methoxy groups -OCH3 is 1. The van der Waals surface area contributed by atoms with Crippen LogP contribution < -0.4 is 20.3 Å². The van der Waals surface area contributed by atoms with Crippen molar-refractivity contribution < 1.29 is 13.9 Å². The average Bonchev–Trinajstić information content (AvgIpc) is 2.85. The Morgan fingerprint density at radius 3 is 2.56 bits per heavy atom. The molecule has 184 valence electrons. The van der Waals surface area contributed by atoms with E-state index in [0.29, 0.717) is 13.1 Å². The van der Waals surface area contributed by atoms with E-state index >= 15 is 0 Å². The number of piperazine rings is 1. The minimum atomic E-state index is -0.335. The van der Waals surface area contributed by atoms with Crippen molar-refractivity contribution in [3.05, 3.63) is 53.5 Å². The van der Waals surface area contributed by atoms with Crippen LogP contribution in [0, 0.1) is 5.82 Å². The van der Waals surface area contributed by atoms with E-state index in [1.165, 1.54) is 13.2 Å². The monoisotopic (exact) mass is 470 g/mol. The van der Waals surface area contributed by atoms with Gasteiger partial charge in [-0.15, -0.1) is 0 Å². The Morgan fingerprint density at radius 1 is 1.09 bits per heavy atom. The molecule has 4 rings (SSSR count). The van der Waals surface area contributed by atoms with Gasteiger partial charge in [0.15, 0.2) is 11.6 Å². The summed E-state index contributed by atoms with van der Waals surface area (Å²) in [4.78, 5) is 23.9. The van der Waals surface area contributed by atoms with Crippen LogP contribution in [0.2, 0.25) is 0 Å². The number of carbonyl (C=O) groups excluding carboxylic acids is 1. The van der Waals surface area contributed by atoms with E-state index in [2.05, 4.69) is 43.4 Å². The molecule has 3 heterocycles. The Balaban J connectivity index is 1.18. The molecule has 2 fully saturated rings. The Kier molecular flexibility index (Phi) is 8.18. The highest BCUT2D eigenvalue weighted by Gasteiger charge is 2.21. The molecule has 0 bridgehead atoms. The highest BCUT2D eigenvalue weighted by molar-refractivity contribution is 5.74. The molecule has 2 aliphatic rings. The number of likely N-dealkylation sites (tertiary alicyclic amines) is 1. The van der Waals surface area contributed by atoms with E-state index in [9.17, 15) is 9.18 Å². The van der Waals surface area contributed by atoms with E-state index in [0.717, 1.165) is 69.1 Å². The summed E-state index contributed by atoms with van der Waals surface area (Å²) in [5, 5.41) is 6.08. The molecule has 1 aromatic heterocycles. The van der Waals surface area contributed by atoms with Gasteiger partial charge in [-0.2, -0.15) is 0 Å². The lowest BCUT2D eigenvalue weighted by molar-refractivity contribution is 0.186. The summed E-state index contributed by atoms with van der Waals surface area (Å²) in [6.07, 6.45) is 3.55. The highest BCUT2D eigenvalue weighted by atomic mass is 19.1. The zero-order chi connectivity index (χ0) is 23.9. The number of pyridine rings is 1. The molecule has 34 heavy (non-hydrogen) atoms. The second kappa shape index (κ2) is 11.5. The Hall–Kier alpha value is -2.91. The Morgan fingerprint density at radius 2 is 1.85 bits per heavy atom. The molecule has 8 nitrogen and oxygen atoms in total. The Bertz CT molecular complexity index is 958. The summed E-state index contributed by atoms with van der Waals surface area (Å²) >= 11 is 0. The fourth-order valence-corrected chi connectivity index (χ4v) is 4.50. The van der Waals surface area contributed by atoms with Crippen LogP contribution in [0.15, 0.2) is 36.5 Å². The van der Waals surface area contributed by atoms with E-state index in [1.807, 2.05) is 18.3 Å². The molecule has 2 N–H and O–H groups in total. The van der Waals surface area contributed by atoms with Crippen molar-refractivity contribution in [2.24, 2.45) is 0 Å². The van der Waals surface area contributed by atoms with Gasteiger partial charge in [-0.1, -0.05) is 6.07 Å². The summed E-state index contributed by atoms with van der Waals surface area (Å²) in [6, 6.07) is 9.10. The number of anilines is 1. The molecule has 2 aliphatic heterocycles. The van der Waals surface area contributed by atoms with Gasteiger partial charge in [0.05, 0.1) is 7.11 Å². The summed E-state index contributed by atoms with van der Waals surface area (Å²) in [6.45, 7) is 6.87. The van der Waals surface area contributed by atoms with E-state index in [-0.39, 0.29) is 23.6 Å². The van der Waals surface area contributed by atoms with Crippen LogP contribution in [-0.2, 0) is 13.1 Å². The molecule has 2 amide bonds. The number of urea groups is 1. The lowest BCUT2D eigenvalue weighted by Crippen LogP contribution is -2.47. The zero-order valence-corrected chi connectivity index (χ0v) is 20.1. The topological polar surface area (TPSA) is 73.0 Å². The van der Waals surface area contributed by atoms with Crippen molar-refractivity contribution in [2.45, 2.75) is 32.0 Å². The number of hydrogen-bond acceptors (Lipinski definition) is 6. The fraction of sp³-hybridized carbons (Fsp3) is 0.520. The number of benzene rings is 1. The third-order valence-corrected chi connectivity index (χ3v) is 6.64. The normalized spacial score (nSPS) is 18.0. The predicted molar refractivity (Wildman–Crippen MR) is 131 cm³/mol. The van der Waals surface area contributed by atoms with Crippen LogP contribution in [-0.4, -0.2) is 80.3 Å². The number of carbonyl (C=O) groups is 1. The molecule has 2 aromatic rings. The summed E-state index contributed by atoms with van der Waals surface area (Å²) in [5.74, 6) is 0.898. The van der Waals surface area contributed by atoms with Gasteiger partial charge in [0, 0.05) is 64.6 Å². The van der Waals surface area contributed by atoms with Crippen molar-refractivity contribution in [2.75, 3.05) is 58.3 Å². The van der Waals surface area contributed by atoms with Crippen LogP contribution in [0.5, 0.6) is 5.75 Å². The van der Waals surface area contributed by atoms with Gasteiger partial charge in [0.1, 0.15) is 5.82 Å². The van der Waals surface area contributed by atoms with E-state index in [4.69, 9.17) is 4.74 Å². The number of amides is 2. The summed E-state index contributed by atoms with van der Waals surface area (Å²) in [5.41, 5.74) is 1.97. The van der Waals surface area contributed by atoms with Gasteiger partial charge in [-0.3, -0.25) is 4.90 Å². The Labute approximate surface area is 201 Å². The number of nitrogens with zero attached hydrogens (tertiary/aromatic N) is 4. The van der Waals surface area contributed by atoms with Crippen molar-refractivity contribution >= 4 is 11.8 Å². The molecule has 0 spiro atoms. The maximum atomic E-state index is 13.9. The lowest BCUT2D eigenvalue weighted by Gasteiger charge is -2.33. The predicted octanol–water partition coefficient (Wildman–Crippen LogP) is 2.44. The zero-order valence-electron chi connectivity index (χ0n) is 20.1. The number of likely N-dealkylation sites (N-methyl/N-ethyl adjacent to an activating group) is 1. The number of piperidine rings is 1. The van der Waals surface area contributed by atoms with Gasteiger partial charge >= 0.3 is 6.03 Å². The first kappa shape index (κ1) is 24.2. The molecule has 0 unspecified atom stereocenters. The minimum Gasteiger partial charge on any atom is -0.494 e. The second-order valence-electron chi connectivity index (χ2n) is 9.16. The number of halogens is 1. The van der Waals surface area contributed by atoms with Gasteiger partial charge in [-0.25, -0.2) is 14.2 Å². The highest BCUT2D eigenvalue weighted by Crippen LogP contribution is 2.20. The van der Waals surface area contributed by atoms with E-state index in [1.54, 1.807) is 6.07 Å². The molecule has 2 saturated heterocycles. The number of hydrogen-bond donors (Lipinski definition) is 2. The standard InChI is InChI=1S/C25H35FN6O2/c1-30-11-13-32(14-12-30)24-16-19(5-8-27-24)17-28-25(33)29-21-6-9-31(10-7-21)18-20-3-4-23(34-2)22(26)15-20/h3-5,8,15-16,21H,6-7,9-14,17-18H2,1-2H3,(H2,28,29,33). The molecular weight excluding hydrogens is 435 g/mol. The van der Waals surface area contributed by atoms with Gasteiger partial charge in [0.2, 0.25) is 0 Å². The number of aromatic nitrogens is 1. The molecule has 0 aliphatic carbocycles. The van der Waals surface area contributed by atoms with Crippen LogP contribution >= 0.6 is 0 Å². The van der Waals surface area contributed by atoms with Gasteiger partial charge in [-0.05, 0) is 55.3 Å². The smallest absolute Gasteiger partial charge is 0.315 e. The van der Waals surface area contributed by atoms with E-state index < -0.39 is 0 Å². The van der Waals surface area contributed by atoms with Crippen molar-refractivity contribution in [1.29, 1.82) is 0 Å². The molecule has 0 atom stereocenters. The fourth-order valence-electron chi connectivity index (χ4n) is 4.50. The third kappa shape index (κ3) is 6.57. The van der Waals surface area contributed by atoms with Crippen LogP contribution in [0.25, 0.3) is 0 Å². The first-order chi connectivity index (χ1) is 16.5. The molecule has 0 saturated carbocycles. The lowest BCUT2D eigenvalue weighted by atomic mass is 10.0. The van der Waals surface area contributed by atoms with Gasteiger partial charge in [0.25, 0.3) is 0 Å². The summed E-state index contributed by atoms with van der Waals surface area (Å²) < 4.78 is 18.9. The number of nitrogens with one attached hydrogen (secondary N) is 2. The SMILES string of the molecule is COc1ccc(CN2CCC(NC(=O)NCc3ccnc(N4CCN(C)CC4)c3)CC2)cc1F.